The van der Waals surface area contributed by atoms with Gasteiger partial charge in [-0.25, -0.2) is 0 Å². The van der Waals surface area contributed by atoms with Crippen molar-refractivity contribution in [3.8, 4) is 11.5 Å². The Balaban J connectivity index is 1.49. The van der Waals surface area contributed by atoms with Gasteiger partial charge in [0.2, 0.25) is 0 Å². The van der Waals surface area contributed by atoms with Gasteiger partial charge in [-0.05, 0) is 45.4 Å². The van der Waals surface area contributed by atoms with Gasteiger partial charge in [0.15, 0.2) is 0 Å². The Hall–Kier alpha value is -2.81. The Bertz CT molecular complexity index is 997. The average Bonchev–Trinajstić information content (AvgIpc) is 2.86. The van der Waals surface area contributed by atoms with Crippen molar-refractivity contribution in [2.24, 2.45) is 0 Å². The number of carbonyl (C=O) groups is 1. The van der Waals surface area contributed by atoms with E-state index in [1.165, 1.54) is 5.56 Å². The van der Waals surface area contributed by atoms with Crippen LogP contribution in [0.3, 0.4) is 0 Å². The molecule has 196 valence electrons. The van der Waals surface area contributed by atoms with Gasteiger partial charge in [0, 0.05) is 50.4 Å². The average molecular weight is 498 g/mol. The van der Waals surface area contributed by atoms with Crippen LogP contribution in [0.1, 0.15) is 43.6 Å². The molecular weight excluding hydrogens is 458 g/mol. The van der Waals surface area contributed by atoms with Gasteiger partial charge in [-0.3, -0.25) is 9.69 Å². The lowest BCUT2D eigenvalue weighted by atomic mass is 10.1. The molecule has 4 rings (SSSR count). The Labute approximate surface area is 214 Å². The molecular formula is C28H39N3O5. The van der Waals surface area contributed by atoms with Crippen LogP contribution >= 0.6 is 0 Å². The van der Waals surface area contributed by atoms with E-state index in [0.717, 1.165) is 44.2 Å². The summed E-state index contributed by atoms with van der Waals surface area (Å²) in [5.74, 6) is 1.17. The fourth-order valence-electron chi connectivity index (χ4n) is 4.87. The number of carbonyl (C=O) groups excluding carboxylic acids is 1. The van der Waals surface area contributed by atoms with Crippen molar-refractivity contribution in [2.75, 3.05) is 62.8 Å². The zero-order valence-electron chi connectivity index (χ0n) is 21.9. The van der Waals surface area contributed by atoms with E-state index in [1.807, 2.05) is 50.2 Å². The normalized spacial score (nSPS) is 20.7. The summed E-state index contributed by atoms with van der Waals surface area (Å²) in [6.45, 7) is 14.7. The van der Waals surface area contributed by atoms with Gasteiger partial charge in [-0.1, -0.05) is 12.1 Å². The molecule has 2 aromatic carbocycles. The topological polar surface area (TPSA) is 72.5 Å². The largest absolute Gasteiger partial charge is 0.492 e. The van der Waals surface area contributed by atoms with Gasteiger partial charge >= 0.3 is 0 Å². The van der Waals surface area contributed by atoms with Crippen molar-refractivity contribution in [3.05, 3.63) is 47.5 Å². The Morgan fingerprint density at radius 3 is 2.25 bits per heavy atom. The number of nitrogens with one attached hydrogen (secondary N) is 1. The highest BCUT2D eigenvalue weighted by Gasteiger charge is 2.23. The molecule has 0 saturated carbocycles. The van der Waals surface area contributed by atoms with Crippen LogP contribution in [0.15, 0.2) is 36.4 Å². The summed E-state index contributed by atoms with van der Waals surface area (Å²) in [5.41, 5.74) is 3.33. The van der Waals surface area contributed by atoms with Crippen LogP contribution in [0.4, 0.5) is 11.4 Å². The number of rotatable bonds is 9. The number of ether oxygens (including phenoxy) is 4. The molecule has 1 N–H and O–H groups in total. The SMILES string of the molecule is CCOc1cc(N2CCOCC2)c(OCC)cc1NC(=O)c1ccc(CN2CC(C)OC(C)C2)cc1. The predicted molar refractivity (Wildman–Crippen MR) is 141 cm³/mol. The lowest BCUT2D eigenvalue weighted by Crippen LogP contribution is -2.44. The molecule has 1 amide bonds. The fourth-order valence-corrected chi connectivity index (χ4v) is 4.87. The van der Waals surface area contributed by atoms with Gasteiger partial charge in [-0.2, -0.15) is 0 Å². The second-order valence-corrected chi connectivity index (χ2v) is 9.38. The minimum atomic E-state index is -0.183. The molecule has 0 bridgehead atoms. The number of amides is 1. The van der Waals surface area contributed by atoms with Crippen molar-refractivity contribution in [3.63, 3.8) is 0 Å². The summed E-state index contributed by atoms with van der Waals surface area (Å²) < 4.78 is 23.2. The first-order chi connectivity index (χ1) is 17.5. The number of benzene rings is 2. The van der Waals surface area contributed by atoms with E-state index in [1.54, 1.807) is 0 Å². The van der Waals surface area contributed by atoms with Crippen LogP contribution in [0, 0.1) is 0 Å². The number of anilines is 2. The highest BCUT2D eigenvalue weighted by atomic mass is 16.5. The third kappa shape index (κ3) is 6.69. The van der Waals surface area contributed by atoms with E-state index in [9.17, 15) is 4.79 Å². The highest BCUT2D eigenvalue weighted by Crippen LogP contribution is 2.39. The summed E-state index contributed by atoms with van der Waals surface area (Å²) >= 11 is 0. The first-order valence-electron chi connectivity index (χ1n) is 13.0. The first-order valence-corrected chi connectivity index (χ1v) is 13.0. The van der Waals surface area contributed by atoms with Gasteiger partial charge in [0.05, 0.1) is 50.0 Å². The zero-order chi connectivity index (χ0) is 25.5. The van der Waals surface area contributed by atoms with E-state index < -0.39 is 0 Å². The maximum Gasteiger partial charge on any atom is 0.255 e. The van der Waals surface area contributed by atoms with Crippen molar-refractivity contribution in [1.82, 2.24) is 4.90 Å². The predicted octanol–water partition coefficient (Wildman–Crippen LogP) is 4.18. The molecule has 2 saturated heterocycles. The summed E-state index contributed by atoms with van der Waals surface area (Å²) in [4.78, 5) is 17.8. The second kappa shape index (κ2) is 12.4. The Morgan fingerprint density at radius 1 is 0.972 bits per heavy atom. The second-order valence-electron chi connectivity index (χ2n) is 9.38. The van der Waals surface area contributed by atoms with Crippen LogP contribution in [0.25, 0.3) is 0 Å². The fraction of sp³-hybridized carbons (Fsp3) is 0.536. The monoisotopic (exact) mass is 497 g/mol. The van der Waals surface area contributed by atoms with Crippen LogP contribution in [-0.4, -0.2) is 75.6 Å². The molecule has 2 aliphatic heterocycles. The van der Waals surface area contributed by atoms with Crippen molar-refractivity contribution >= 4 is 17.3 Å². The van der Waals surface area contributed by atoms with E-state index in [0.29, 0.717) is 43.4 Å². The number of morpholine rings is 2. The summed E-state index contributed by atoms with van der Waals surface area (Å²) in [6.07, 6.45) is 0.462. The van der Waals surface area contributed by atoms with E-state index in [2.05, 4.69) is 29.0 Å². The molecule has 0 aliphatic carbocycles. The molecule has 8 nitrogen and oxygen atoms in total. The molecule has 8 heteroatoms. The molecule has 0 radical (unpaired) electrons. The molecule has 36 heavy (non-hydrogen) atoms. The van der Waals surface area contributed by atoms with E-state index in [4.69, 9.17) is 18.9 Å². The minimum Gasteiger partial charge on any atom is -0.492 e. The lowest BCUT2D eigenvalue weighted by Gasteiger charge is -2.35. The number of hydrogen-bond donors (Lipinski definition) is 1. The molecule has 2 atom stereocenters. The third-order valence-corrected chi connectivity index (χ3v) is 6.38. The van der Waals surface area contributed by atoms with Gasteiger partial charge < -0.3 is 29.2 Å². The Kier molecular flexibility index (Phi) is 9.07. The number of nitrogens with zero attached hydrogens (tertiary/aromatic N) is 2. The van der Waals surface area contributed by atoms with Crippen molar-refractivity contribution in [2.45, 2.75) is 46.4 Å². The van der Waals surface area contributed by atoms with Crippen LogP contribution in [-0.2, 0) is 16.0 Å². The van der Waals surface area contributed by atoms with Gasteiger partial charge in [0.25, 0.3) is 5.91 Å². The molecule has 2 fully saturated rings. The van der Waals surface area contributed by atoms with Gasteiger partial charge in [0.1, 0.15) is 11.5 Å². The smallest absolute Gasteiger partial charge is 0.255 e. The molecule has 0 spiro atoms. The first kappa shape index (κ1) is 26.3. The summed E-state index contributed by atoms with van der Waals surface area (Å²) in [7, 11) is 0. The van der Waals surface area contributed by atoms with Crippen molar-refractivity contribution in [1.29, 1.82) is 0 Å². The summed E-state index contributed by atoms with van der Waals surface area (Å²) in [6, 6.07) is 11.6. The van der Waals surface area contributed by atoms with Crippen LogP contribution in [0.2, 0.25) is 0 Å². The summed E-state index contributed by atoms with van der Waals surface area (Å²) in [5, 5.41) is 3.04. The maximum absolute atomic E-state index is 13.2. The maximum atomic E-state index is 13.2. The minimum absolute atomic E-state index is 0.183. The Morgan fingerprint density at radius 2 is 1.61 bits per heavy atom. The molecule has 2 unspecified atom stereocenters. The number of hydrogen-bond acceptors (Lipinski definition) is 7. The quantitative estimate of drug-likeness (QED) is 0.557. The molecule has 2 aliphatic rings. The van der Waals surface area contributed by atoms with Gasteiger partial charge in [-0.15, -0.1) is 0 Å². The van der Waals surface area contributed by atoms with Crippen molar-refractivity contribution < 1.29 is 23.7 Å². The lowest BCUT2D eigenvalue weighted by molar-refractivity contribution is -0.0704. The third-order valence-electron chi connectivity index (χ3n) is 6.38. The van der Waals surface area contributed by atoms with E-state index in [-0.39, 0.29) is 18.1 Å². The molecule has 0 aromatic heterocycles. The zero-order valence-corrected chi connectivity index (χ0v) is 21.9. The molecule has 2 heterocycles. The van der Waals surface area contributed by atoms with Crippen LogP contribution < -0.4 is 19.7 Å². The van der Waals surface area contributed by atoms with Crippen LogP contribution in [0.5, 0.6) is 11.5 Å². The van der Waals surface area contributed by atoms with E-state index >= 15 is 0 Å². The highest BCUT2D eigenvalue weighted by molar-refractivity contribution is 6.05. The standard InChI is InChI=1S/C28H39N3O5/c1-5-34-26-16-25(31-11-13-33-14-12-31)27(35-6-2)15-24(26)29-28(32)23-9-7-22(8-10-23)19-30-17-20(3)36-21(4)18-30/h7-10,15-16,20-21H,5-6,11-14,17-19H2,1-4H3,(H,29,32). The molecule has 2 aromatic rings.